The number of rotatable bonds is 5. The number of anilines is 1. The zero-order chi connectivity index (χ0) is 15.4. The predicted molar refractivity (Wildman–Crippen MR) is 76.4 cm³/mol. The van der Waals surface area contributed by atoms with E-state index >= 15 is 0 Å². The van der Waals surface area contributed by atoms with E-state index in [1.807, 2.05) is 17.0 Å². The van der Waals surface area contributed by atoms with Gasteiger partial charge < -0.3 is 10.0 Å². The highest BCUT2D eigenvalue weighted by Gasteiger charge is 2.20. The van der Waals surface area contributed by atoms with Crippen LogP contribution in [0.3, 0.4) is 0 Å². The number of benzene rings is 1. The Morgan fingerprint density at radius 1 is 1.33 bits per heavy atom. The van der Waals surface area contributed by atoms with Crippen molar-refractivity contribution in [3.05, 3.63) is 64.0 Å². The summed E-state index contributed by atoms with van der Waals surface area (Å²) in [5.74, 6) is -1.32. The van der Waals surface area contributed by atoms with E-state index in [0.717, 1.165) is 5.56 Å². The Bertz CT molecular complexity index is 673. The highest BCUT2D eigenvalue weighted by atomic mass is 16.6. The Kier molecular flexibility index (Phi) is 4.13. The molecule has 1 aromatic carbocycles. The van der Waals surface area contributed by atoms with Crippen LogP contribution in [0.25, 0.3) is 0 Å². The molecule has 1 heterocycles. The molecule has 0 unspecified atom stereocenters. The van der Waals surface area contributed by atoms with Crippen molar-refractivity contribution >= 4 is 17.3 Å². The maximum absolute atomic E-state index is 11.1. The van der Waals surface area contributed by atoms with Crippen LogP contribution in [0.4, 0.5) is 11.4 Å². The van der Waals surface area contributed by atoms with Crippen LogP contribution < -0.4 is 4.90 Å². The summed E-state index contributed by atoms with van der Waals surface area (Å²) >= 11 is 0. The topological polar surface area (TPSA) is 96.6 Å². The summed E-state index contributed by atoms with van der Waals surface area (Å²) < 4.78 is 0. The van der Waals surface area contributed by atoms with Gasteiger partial charge in [-0.25, -0.2) is 4.79 Å². The summed E-state index contributed by atoms with van der Waals surface area (Å²) in [6.45, 7) is 0.541. The van der Waals surface area contributed by atoms with Crippen molar-refractivity contribution in [3.8, 4) is 0 Å². The number of hydrogen-bond acceptors (Lipinski definition) is 5. The molecule has 7 heteroatoms. The average molecular weight is 287 g/mol. The second kappa shape index (κ2) is 6.00. The number of aromatic carboxylic acids is 1. The van der Waals surface area contributed by atoms with Crippen molar-refractivity contribution in [1.29, 1.82) is 0 Å². The monoisotopic (exact) mass is 287 g/mol. The van der Waals surface area contributed by atoms with Crippen LogP contribution in [-0.4, -0.2) is 28.0 Å². The van der Waals surface area contributed by atoms with Gasteiger partial charge in [0.15, 0.2) is 0 Å². The molecule has 0 aliphatic heterocycles. The molecule has 0 saturated carbocycles. The van der Waals surface area contributed by atoms with Crippen molar-refractivity contribution < 1.29 is 14.8 Å². The van der Waals surface area contributed by atoms with E-state index in [0.29, 0.717) is 12.2 Å². The first-order chi connectivity index (χ1) is 9.99. The minimum atomic E-state index is -1.32. The van der Waals surface area contributed by atoms with Gasteiger partial charge in [-0.15, -0.1) is 0 Å². The zero-order valence-electron chi connectivity index (χ0n) is 11.3. The van der Waals surface area contributed by atoms with Gasteiger partial charge in [-0.1, -0.05) is 0 Å². The number of nitro groups is 1. The lowest BCUT2D eigenvalue weighted by Gasteiger charge is -2.19. The van der Waals surface area contributed by atoms with Crippen molar-refractivity contribution in [2.24, 2.45) is 0 Å². The molecule has 21 heavy (non-hydrogen) atoms. The number of nitrogens with zero attached hydrogens (tertiary/aromatic N) is 3. The van der Waals surface area contributed by atoms with Crippen molar-refractivity contribution in [2.75, 3.05) is 11.9 Å². The summed E-state index contributed by atoms with van der Waals surface area (Å²) in [6.07, 6.45) is 3.34. The van der Waals surface area contributed by atoms with Gasteiger partial charge in [-0.3, -0.25) is 15.1 Å². The predicted octanol–water partition coefficient (Wildman–Crippen LogP) is 2.32. The number of aromatic nitrogens is 1. The lowest BCUT2D eigenvalue weighted by molar-refractivity contribution is -0.385. The number of nitro benzene ring substituents is 1. The van der Waals surface area contributed by atoms with Crippen LogP contribution in [0.5, 0.6) is 0 Å². The molecule has 0 atom stereocenters. The van der Waals surface area contributed by atoms with E-state index in [1.165, 1.54) is 18.2 Å². The summed E-state index contributed by atoms with van der Waals surface area (Å²) in [7, 11) is 1.78. The van der Waals surface area contributed by atoms with Gasteiger partial charge in [0.05, 0.1) is 4.92 Å². The fraction of sp³-hybridized carbons (Fsp3) is 0.143. The maximum Gasteiger partial charge on any atom is 0.342 e. The van der Waals surface area contributed by atoms with Gasteiger partial charge in [0.25, 0.3) is 5.69 Å². The third-order valence-electron chi connectivity index (χ3n) is 3.02. The first kappa shape index (κ1) is 14.4. The number of pyridine rings is 1. The molecule has 0 radical (unpaired) electrons. The largest absolute Gasteiger partial charge is 0.477 e. The molecule has 0 aliphatic carbocycles. The lowest BCUT2D eigenvalue weighted by Crippen LogP contribution is -2.17. The molecular weight excluding hydrogens is 274 g/mol. The van der Waals surface area contributed by atoms with Crippen LogP contribution in [0.15, 0.2) is 42.7 Å². The van der Waals surface area contributed by atoms with Crippen molar-refractivity contribution in [1.82, 2.24) is 4.98 Å². The van der Waals surface area contributed by atoms with Crippen LogP contribution in [-0.2, 0) is 6.54 Å². The lowest BCUT2D eigenvalue weighted by atomic mass is 10.1. The minimum Gasteiger partial charge on any atom is -0.477 e. The SMILES string of the molecule is CN(Cc1ccncc1)c1ccc([N+](=O)[O-])c(C(=O)O)c1. The van der Waals surface area contributed by atoms with E-state index < -0.39 is 16.6 Å². The van der Waals surface area contributed by atoms with Crippen LogP contribution in [0.1, 0.15) is 15.9 Å². The zero-order valence-corrected chi connectivity index (χ0v) is 11.3. The summed E-state index contributed by atoms with van der Waals surface area (Å²) in [5, 5.41) is 19.9. The average Bonchev–Trinajstić information content (AvgIpc) is 2.47. The molecule has 2 aromatic rings. The number of carboxylic acids is 1. The Labute approximate surface area is 120 Å². The molecule has 108 valence electrons. The molecule has 0 spiro atoms. The molecule has 2 rings (SSSR count). The molecule has 1 aromatic heterocycles. The molecule has 0 bridgehead atoms. The van der Waals surface area contributed by atoms with E-state index in [1.54, 1.807) is 19.4 Å². The van der Waals surface area contributed by atoms with Gasteiger partial charge >= 0.3 is 5.97 Å². The first-order valence-corrected chi connectivity index (χ1v) is 6.11. The van der Waals surface area contributed by atoms with Crippen LogP contribution in [0, 0.1) is 10.1 Å². The number of carboxylic acid groups (broad SMARTS) is 1. The van der Waals surface area contributed by atoms with Gasteiger partial charge in [0.2, 0.25) is 0 Å². The van der Waals surface area contributed by atoms with E-state index in [4.69, 9.17) is 5.11 Å². The highest BCUT2D eigenvalue weighted by molar-refractivity contribution is 5.93. The molecule has 1 N–H and O–H groups in total. The Morgan fingerprint density at radius 3 is 2.57 bits per heavy atom. The fourth-order valence-corrected chi connectivity index (χ4v) is 1.95. The third-order valence-corrected chi connectivity index (χ3v) is 3.02. The van der Waals surface area contributed by atoms with Crippen molar-refractivity contribution in [2.45, 2.75) is 6.54 Å². The van der Waals surface area contributed by atoms with Crippen LogP contribution in [0.2, 0.25) is 0 Å². The molecule has 0 aliphatic rings. The van der Waals surface area contributed by atoms with E-state index in [2.05, 4.69) is 4.98 Å². The Balaban J connectivity index is 2.30. The fourth-order valence-electron chi connectivity index (χ4n) is 1.95. The van der Waals surface area contributed by atoms with Gasteiger partial charge in [-0.2, -0.15) is 0 Å². The normalized spacial score (nSPS) is 10.1. The molecular formula is C14H13N3O4. The summed E-state index contributed by atoms with van der Waals surface area (Å²) in [5.41, 5.74) is 0.861. The Hall–Kier alpha value is -2.96. The summed E-state index contributed by atoms with van der Waals surface area (Å²) in [4.78, 5) is 27.0. The number of carbonyl (C=O) groups is 1. The van der Waals surface area contributed by atoms with Gasteiger partial charge in [-0.05, 0) is 29.8 Å². The van der Waals surface area contributed by atoms with Crippen LogP contribution >= 0.6 is 0 Å². The molecule has 7 nitrogen and oxygen atoms in total. The van der Waals surface area contributed by atoms with E-state index in [9.17, 15) is 14.9 Å². The standard InChI is InChI=1S/C14H13N3O4/c1-16(9-10-4-6-15-7-5-10)11-2-3-13(17(20)21)12(8-11)14(18)19/h2-8H,9H2,1H3,(H,18,19). The smallest absolute Gasteiger partial charge is 0.342 e. The molecule has 0 fully saturated rings. The molecule has 0 saturated heterocycles. The van der Waals surface area contributed by atoms with Gasteiger partial charge in [0, 0.05) is 37.7 Å². The quantitative estimate of drug-likeness (QED) is 0.669. The highest BCUT2D eigenvalue weighted by Crippen LogP contribution is 2.25. The van der Waals surface area contributed by atoms with Gasteiger partial charge in [0.1, 0.15) is 5.56 Å². The van der Waals surface area contributed by atoms with E-state index in [-0.39, 0.29) is 5.56 Å². The maximum atomic E-state index is 11.1. The Morgan fingerprint density at radius 2 is 2.00 bits per heavy atom. The second-order valence-corrected chi connectivity index (χ2v) is 4.48. The minimum absolute atomic E-state index is 0.320. The molecule has 0 amide bonds. The summed E-state index contributed by atoms with van der Waals surface area (Å²) in [6, 6.07) is 7.75. The van der Waals surface area contributed by atoms with Crippen molar-refractivity contribution in [3.63, 3.8) is 0 Å². The second-order valence-electron chi connectivity index (χ2n) is 4.48. The number of hydrogen-bond donors (Lipinski definition) is 1. The third kappa shape index (κ3) is 3.33. The first-order valence-electron chi connectivity index (χ1n) is 6.11.